The van der Waals surface area contributed by atoms with Gasteiger partial charge in [-0.3, -0.25) is 19.0 Å². The van der Waals surface area contributed by atoms with Crippen molar-refractivity contribution in [1.82, 2.24) is 9.55 Å². The molecule has 1 fully saturated rings. The zero-order valence-corrected chi connectivity index (χ0v) is 20.9. The highest BCUT2D eigenvalue weighted by atomic mass is 32.1. The van der Waals surface area contributed by atoms with Gasteiger partial charge in [-0.2, -0.15) is 0 Å². The van der Waals surface area contributed by atoms with Gasteiger partial charge < -0.3 is 10.1 Å². The number of ketones is 1. The summed E-state index contributed by atoms with van der Waals surface area (Å²) in [5.74, 6) is -0.912. The summed E-state index contributed by atoms with van der Waals surface area (Å²) >= 11 is 1.15. The van der Waals surface area contributed by atoms with E-state index in [1.807, 2.05) is 0 Å². The Kier molecular flexibility index (Phi) is 7.45. The maximum Gasteiger partial charge on any atom is 0.348 e. The number of thiophene rings is 1. The number of fused-ring (bicyclic) bond motifs is 1. The van der Waals surface area contributed by atoms with E-state index in [4.69, 9.17) is 4.74 Å². The molecule has 8 nitrogen and oxygen atoms in total. The number of carbonyl (C=O) groups is 3. The number of amides is 1. The Morgan fingerprint density at radius 2 is 1.97 bits per heavy atom. The van der Waals surface area contributed by atoms with Gasteiger partial charge in [-0.05, 0) is 63.6 Å². The third kappa shape index (κ3) is 5.19. The number of benzene rings is 1. The molecule has 35 heavy (non-hydrogen) atoms. The molecule has 4 rings (SSSR count). The van der Waals surface area contributed by atoms with Gasteiger partial charge in [0.2, 0.25) is 5.91 Å². The molecule has 1 aromatic carbocycles. The summed E-state index contributed by atoms with van der Waals surface area (Å²) in [6.07, 6.45) is 6.62. The van der Waals surface area contributed by atoms with Crippen molar-refractivity contribution in [1.29, 1.82) is 0 Å². The number of nitrogens with zero attached hydrogens (tertiary/aromatic N) is 2. The molecule has 2 heterocycles. The van der Waals surface area contributed by atoms with E-state index in [1.165, 1.54) is 17.8 Å². The number of anilines is 1. The smallest absolute Gasteiger partial charge is 0.348 e. The van der Waals surface area contributed by atoms with Crippen LogP contribution in [0.1, 0.15) is 84.0 Å². The zero-order valence-electron chi connectivity index (χ0n) is 20.1. The third-order valence-corrected chi connectivity index (χ3v) is 7.63. The van der Waals surface area contributed by atoms with Crippen molar-refractivity contribution in [3.63, 3.8) is 0 Å². The van der Waals surface area contributed by atoms with Crippen LogP contribution in [-0.2, 0) is 9.53 Å². The molecule has 0 saturated heterocycles. The lowest BCUT2D eigenvalue weighted by Crippen LogP contribution is -2.33. The fourth-order valence-corrected chi connectivity index (χ4v) is 5.51. The maximum atomic E-state index is 13.4. The summed E-state index contributed by atoms with van der Waals surface area (Å²) in [6.45, 7) is 4.98. The molecule has 1 atom stereocenters. The molecule has 1 saturated carbocycles. The van der Waals surface area contributed by atoms with Crippen molar-refractivity contribution in [3.05, 3.63) is 57.0 Å². The van der Waals surface area contributed by atoms with Crippen LogP contribution in [0.5, 0.6) is 0 Å². The summed E-state index contributed by atoms with van der Waals surface area (Å²) in [7, 11) is 0. The maximum absolute atomic E-state index is 13.4. The summed E-state index contributed by atoms with van der Waals surface area (Å²) in [4.78, 5) is 56.2. The molecular formula is C26H29N3O5S. The van der Waals surface area contributed by atoms with E-state index in [2.05, 4.69) is 10.3 Å². The van der Waals surface area contributed by atoms with Crippen LogP contribution in [0.15, 0.2) is 35.4 Å². The first kappa shape index (κ1) is 24.8. The van der Waals surface area contributed by atoms with E-state index in [-0.39, 0.29) is 23.4 Å². The molecule has 0 aliphatic heterocycles. The lowest BCUT2D eigenvalue weighted by molar-refractivity contribution is -0.119. The quantitative estimate of drug-likeness (QED) is 0.363. The average Bonchev–Trinajstić information content (AvgIpc) is 3.19. The van der Waals surface area contributed by atoms with Gasteiger partial charge in [-0.15, -0.1) is 11.3 Å². The van der Waals surface area contributed by atoms with Gasteiger partial charge in [0, 0.05) is 11.3 Å². The first-order valence-corrected chi connectivity index (χ1v) is 12.7. The predicted octanol–water partition coefficient (Wildman–Crippen LogP) is 5.05. The topological polar surface area (TPSA) is 107 Å². The molecular weight excluding hydrogens is 466 g/mol. The van der Waals surface area contributed by atoms with Crippen LogP contribution in [0, 0.1) is 6.92 Å². The van der Waals surface area contributed by atoms with E-state index < -0.39 is 12.0 Å². The average molecular weight is 496 g/mol. The van der Waals surface area contributed by atoms with Crippen LogP contribution in [0.4, 0.5) is 5.69 Å². The van der Waals surface area contributed by atoms with E-state index in [0.29, 0.717) is 38.3 Å². The molecule has 1 aliphatic carbocycles. The van der Waals surface area contributed by atoms with E-state index in [9.17, 15) is 19.2 Å². The lowest BCUT2D eigenvalue weighted by Gasteiger charge is -2.21. The minimum Gasteiger partial charge on any atom is -0.458 e. The molecule has 0 bridgehead atoms. The second kappa shape index (κ2) is 10.5. The van der Waals surface area contributed by atoms with Gasteiger partial charge in [0.05, 0.1) is 11.7 Å². The highest BCUT2D eigenvalue weighted by Crippen LogP contribution is 2.30. The number of aromatic nitrogens is 2. The summed E-state index contributed by atoms with van der Waals surface area (Å²) in [6, 6.07) is 5.85. The molecule has 184 valence electrons. The second-order valence-electron chi connectivity index (χ2n) is 8.91. The minimum atomic E-state index is -0.808. The first-order valence-electron chi connectivity index (χ1n) is 11.9. The van der Waals surface area contributed by atoms with Crippen molar-refractivity contribution >= 4 is 44.9 Å². The Morgan fingerprint density at radius 1 is 1.23 bits per heavy atom. The van der Waals surface area contributed by atoms with Crippen molar-refractivity contribution < 1.29 is 19.1 Å². The second-order valence-corrected chi connectivity index (χ2v) is 9.91. The molecule has 0 radical (unpaired) electrons. The van der Waals surface area contributed by atoms with E-state index in [0.717, 1.165) is 43.4 Å². The highest BCUT2D eigenvalue weighted by Gasteiger charge is 2.27. The van der Waals surface area contributed by atoms with Gasteiger partial charge in [-0.25, -0.2) is 9.78 Å². The van der Waals surface area contributed by atoms with E-state index >= 15 is 0 Å². The third-order valence-electron chi connectivity index (χ3n) is 6.45. The van der Waals surface area contributed by atoms with E-state index in [1.54, 1.807) is 38.1 Å². The van der Waals surface area contributed by atoms with Gasteiger partial charge in [0.15, 0.2) is 5.78 Å². The van der Waals surface area contributed by atoms with Crippen LogP contribution in [-0.4, -0.2) is 33.3 Å². The first-order chi connectivity index (χ1) is 16.8. The number of carbonyl (C=O) groups excluding carboxylic acids is 3. The molecule has 3 aromatic rings. The van der Waals surface area contributed by atoms with Crippen LogP contribution >= 0.6 is 11.3 Å². The highest BCUT2D eigenvalue weighted by molar-refractivity contribution is 7.20. The largest absolute Gasteiger partial charge is 0.458 e. The fraction of sp³-hybridized carbons (Fsp3) is 0.423. The Morgan fingerprint density at radius 3 is 2.66 bits per heavy atom. The molecule has 1 unspecified atom stereocenters. The van der Waals surface area contributed by atoms with Crippen molar-refractivity contribution in [3.8, 4) is 0 Å². The number of aryl methyl sites for hydroxylation is 1. The zero-order chi connectivity index (χ0) is 25.1. The predicted molar refractivity (Wildman–Crippen MR) is 135 cm³/mol. The van der Waals surface area contributed by atoms with Crippen molar-refractivity contribution in [2.45, 2.75) is 71.4 Å². The summed E-state index contributed by atoms with van der Waals surface area (Å²) in [5.41, 5.74) is 1.11. The Hall–Kier alpha value is -3.33. The van der Waals surface area contributed by atoms with Crippen LogP contribution in [0.25, 0.3) is 10.2 Å². The number of esters is 1. The lowest BCUT2D eigenvalue weighted by atomic mass is 9.98. The number of hydrogen-bond donors (Lipinski definition) is 1. The molecule has 1 N–H and O–H groups in total. The van der Waals surface area contributed by atoms with Gasteiger partial charge in [0.1, 0.15) is 21.9 Å². The minimum absolute atomic E-state index is 0.0832. The fourth-order valence-electron chi connectivity index (χ4n) is 4.49. The van der Waals surface area contributed by atoms with Crippen LogP contribution in [0.2, 0.25) is 0 Å². The summed E-state index contributed by atoms with van der Waals surface area (Å²) < 4.78 is 7.01. The standard InChI is InChI=1S/C26H29N3O5S/c1-4-20(23(31)28-18-10-8-9-17(13-18)16(3)30)29-14-27-24-21(25(29)32)15(2)22(35-24)26(33)34-19-11-6-5-7-12-19/h8-10,13-14,19-20H,4-7,11-12H2,1-3H3,(H,28,31). The molecule has 1 amide bonds. The molecule has 1 aliphatic rings. The SMILES string of the molecule is CCC(C(=O)Nc1cccc(C(C)=O)c1)n1cnc2sc(C(=O)OC3CCCCC3)c(C)c2c1=O. The number of rotatable bonds is 7. The Balaban J connectivity index is 1.61. The molecule has 0 spiro atoms. The van der Waals surface area contributed by atoms with Crippen LogP contribution in [0.3, 0.4) is 0 Å². The number of hydrogen-bond acceptors (Lipinski definition) is 7. The van der Waals surface area contributed by atoms with Gasteiger partial charge in [-0.1, -0.05) is 25.5 Å². The monoisotopic (exact) mass is 495 g/mol. The molecule has 2 aromatic heterocycles. The van der Waals surface area contributed by atoms with Crippen LogP contribution < -0.4 is 10.9 Å². The summed E-state index contributed by atoms with van der Waals surface area (Å²) in [5, 5.41) is 3.13. The Labute approximate surface area is 207 Å². The van der Waals surface area contributed by atoms with Gasteiger partial charge >= 0.3 is 5.97 Å². The molecule has 9 heteroatoms. The number of Topliss-reactive ketones (excluding diaryl/α,β-unsaturated/α-hetero) is 1. The number of ether oxygens (including phenoxy) is 1. The van der Waals surface area contributed by atoms with Gasteiger partial charge in [0.25, 0.3) is 5.56 Å². The normalized spacial score (nSPS) is 15.1. The van der Waals surface area contributed by atoms with Crippen molar-refractivity contribution in [2.75, 3.05) is 5.32 Å². The van der Waals surface area contributed by atoms with Crippen molar-refractivity contribution in [2.24, 2.45) is 0 Å². The Bertz CT molecular complexity index is 1340. The number of nitrogens with one attached hydrogen (secondary N) is 1.